The molecule has 29 heavy (non-hydrogen) atoms. The topological polar surface area (TPSA) is 68.8 Å². The van der Waals surface area contributed by atoms with Crippen LogP contribution < -0.4 is 10.3 Å². The molecule has 7 heteroatoms. The van der Waals surface area contributed by atoms with Crippen molar-refractivity contribution in [2.75, 3.05) is 6.61 Å². The van der Waals surface area contributed by atoms with Gasteiger partial charge in [-0.25, -0.2) is 8.91 Å². The number of fused-ring (bicyclic) bond motifs is 1. The predicted octanol–water partition coefficient (Wildman–Crippen LogP) is 3.43. The lowest BCUT2D eigenvalue weighted by Gasteiger charge is -2.14. The van der Waals surface area contributed by atoms with E-state index in [9.17, 15) is 14.3 Å². The number of aromatic nitrogens is 3. The third kappa shape index (κ3) is 3.90. The normalized spacial score (nSPS) is 12.2. The highest BCUT2D eigenvalue weighted by Crippen LogP contribution is 2.20. The van der Waals surface area contributed by atoms with Gasteiger partial charge in [-0.3, -0.25) is 4.79 Å². The Hall–Kier alpha value is -3.45. The second-order valence-electron chi connectivity index (χ2n) is 6.64. The molecule has 4 rings (SSSR count). The van der Waals surface area contributed by atoms with Gasteiger partial charge in [0.2, 0.25) is 0 Å². The second kappa shape index (κ2) is 7.89. The summed E-state index contributed by atoms with van der Waals surface area (Å²) in [7, 11) is 0. The number of halogens is 1. The fourth-order valence-electron chi connectivity index (χ4n) is 3.18. The summed E-state index contributed by atoms with van der Waals surface area (Å²) in [6.45, 7) is 2.59. The molecule has 0 fully saturated rings. The number of aliphatic hydroxyl groups is 1. The summed E-state index contributed by atoms with van der Waals surface area (Å²) in [5.74, 6) is 0.401. The zero-order valence-electron chi connectivity index (χ0n) is 15.8. The minimum absolute atomic E-state index is 0.111. The number of hydrogen-bond acceptors (Lipinski definition) is 4. The summed E-state index contributed by atoms with van der Waals surface area (Å²) < 4.78 is 21.5. The van der Waals surface area contributed by atoms with Gasteiger partial charge in [-0.2, -0.15) is 5.10 Å². The largest absolute Gasteiger partial charge is 0.494 e. The van der Waals surface area contributed by atoms with E-state index in [4.69, 9.17) is 4.74 Å². The van der Waals surface area contributed by atoms with E-state index in [1.165, 1.54) is 21.2 Å². The number of rotatable bonds is 6. The molecule has 0 amide bonds. The van der Waals surface area contributed by atoms with Crippen molar-refractivity contribution in [2.45, 2.75) is 19.6 Å². The Morgan fingerprint density at radius 2 is 1.83 bits per heavy atom. The lowest BCUT2D eigenvalue weighted by atomic mass is 10.1. The molecule has 6 nitrogen and oxygen atoms in total. The fourth-order valence-corrected chi connectivity index (χ4v) is 3.18. The summed E-state index contributed by atoms with van der Waals surface area (Å²) in [6, 6.07) is 14.7. The molecule has 0 unspecified atom stereocenters. The van der Waals surface area contributed by atoms with E-state index in [1.54, 1.807) is 54.9 Å². The molecule has 1 N–H and O–H groups in total. The smallest absolute Gasteiger partial charge is 0.276 e. The van der Waals surface area contributed by atoms with Crippen molar-refractivity contribution in [3.05, 3.63) is 88.7 Å². The number of benzene rings is 2. The Kier molecular flexibility index (Phi) is 5.14. The molecule has 0 radical (unpaired) electrons. The molecule has 0 saturated carbocycles. The van der Waals surface area contributed by atoms with Gasteiger partial charge in [-0.05, 0) is 55.0 Å². The van der Waals surface area contributed by atoms with E-state index < -0.39 is 6.10 Å². The maximum absolute atomic E-state index is 13.1. The van der Waals surface area contributed by atoms with Crippen molar-refractivity contribution >= 4 is 5.52 Å². The third-order valence-electron chi connectivity index (χ3n) is 4.69. The molecule has 148 valence electrons. The molecule has 0 aliphatic heterocycles. The molecule has 2 heterocycles. The summed E-state index contributed by atoms with van der Waals surface area (Å²) in [6.07, 6.45) is 2.41. The first-order valence-electron chi connectivity index (χ1n) is 9.30. The average molecular weight is 393 g/mol. The molecule has 1 atom stereocenters. The number of aliphatic hydroxyl groups excluding tert-OH is 1. The Bertz CT molecular complexity index is 1180. The SMILES string of the molecule is CCOc1ccc([C@H](O)Cn2ccn3nc(-c4ccc(F)cc4)cc3c2=O)cc1. The lowest BCUT2D eigenvalue weighted by Crippen LogP contribution is -2.24. The lowest BCUT2D eigenvalue weighted by molar-refractivity contribution is 0.155. The van der Waals surface area contributed by atoms with E-state index in [2.05, 4.69) is 5.10 Å². The van der Waals surface area contributed by atoms with Crippen LogP contribution in [0, 0.1) is 5.82 Å². The molecule has 2 aromatic carbocycles. The quantitative estimate of drug-likeness (QED) is 0.545. The Balaban J connectivity index is 1.60. The van der Waals surface area contributed by atoms with Crippen LogP contribution in [0.5, 0.6) is 5.75 Å². The molecular weight excluding hydrogens is 373 g/mol. The highest BCUT2D eigenvalue weighted by Gasteiger charge is 2.13. The van der Waals surface area contributed by atoms with Gasteiger partial charge in [0.25, 0.3) is 5.56 Å². The van der Waals surface area contributed by atoms with E-state index in [-0.39, 0.29) is 17.9 Å². The molecule has 0 aliphatic rings. The minimum Gasteiger partial charge on any atom is -0.494 e. The van der Waals surface area contributed by atoms with Gasteiger partial charge >= 0.3 is 0 Å². The van der Waals surface area contributed by atoms with Gasteiger partial charge in [0.05, 0.1) is 24.9 Å². The Morgan fingerprint density at radius 3 is 2.52 bits per heavy atom. The summed E-state index contributed by atoms with van der Waals surface area (Å²) in [4.78, 5) is 12.8. The fraction of sp³-hybridized carbons (Fsp3) is 0.182. The molecule has 0 spiro atoms. The van der Waals surface area contributed by atoms with Crippen LogP contribution in [-0.2, 0) is 6.54 Å². The van der Waals surface area contributed by atoms with Crippen LogP contribution >= 0.6 is 0 Å². The monoisotopic (exact) mass is 393 g/mol. The van der Waals surface area contributed by atoms with E-state index in [0.717, 1.165) is 11.3 Å². The van der Waals surface area contributed by atoms with Gasteiger partial charge in [-0.1, -0.05) is 12.1 Å². The van der Waals surface area contributed by atoms with Crippen molar-refractivity contribution in [1.82, 2.24) is 14.2 Å². The maximum Gasteiger partial charge on any atom is 0.276 e. The van der Waals surface area contributed by atoms with Crippen molar-refractivity contribution < 1.29 is 14.2 Å². The van der Waals surface area contributed by atoms with Crippen LogP contribution in [0.4, 0.5) is 4.39 Å². The van der Waals surface area contributed by atoms with Crippen LogP contribution in [0.15, 0.2) is 71.8 Å². The van der Waals surface area contributed by atoms with Crippen molar-refractivity contribution in [3.63, 3.8) is 0 Å². The Morgan fingerprint density at radius 1 is 1.10 bits per heavy atom. The van der Waals surface area contributed by atoms with Gasteiger partial charge in [0.15, 0.2) is 0 Å². The Labute approximate surface area is 166 Å². The third-order valence-corrected chi connectivity index (χ3v) is 4.69. The van der Waals surface area contributed by atoms with Gasteiger partial charge in [-0.15, -0.1) is 0 Å². The highest BCUT2D eigenvalue weighted by molar-refractivity contribution is 5.65. The minimum atomic E-state index is -0.842. The van der Waals surface area contributed by atoms with Gasteiger partial charge in [0.1, 0.15) is 17.1 Å². The first-order valence-corrected chi connectivity index (χ1v) is 9.30. The van der Waals surface area contributed by atoms with Crippen molar-refractivity contribution in [2.24, 2.45) is 0 Å². The molecule has 2 aromatic heterocycles. The number of hydrogen-bond donors (Lipinski definition) is 1. The second-order valence-corrected chi connectivity index (χ2v) is 6.64. The van der Waals surface area contributed by atoms with Crippen LogP contribution in [0.25, 0.3) is 16.8 Å². The van der Waals surface area contributed by atoms with Gasteiger partial charge < -0.3 is 14.4 Å². The number of ether oxygens (including phenoxy) is 1. The molecule has 4 aromatic rings. The van der Waals surface area contributed by atoms with Crippen LogP contribution in [0.1, 0.15) is 18.6 Å². The van der Waals surface area contributed by atoms with Crippen LogP contribution in [0.2, 0.25) is 0 Å². The van der Waals surface area contributed by atoms with Crippen molar-refractivity contribution in [3.8, 4) is 17.0 Å². The van der Waals surface area contributed by atoms with Crippen LogP contribution in [0.3, 0.4) is 0 Å². The first kappa shape index (κ1) is 18.9. The zero-order valence-corrected chi connectivity index (χ0v) is 15.8. The standard InChI is InChI=1S/C22H20FN3O3/c1-2-29-18-9-5-16(6-10-18)21(27)14-25-11-12-26-20(22(25)28)13-19(24-26)15-3-7-17(23)8-4-15/h3-13,21,27H,2,14H2,1H3/t21-/m1/s1. The van der Waals surface area contributed by atoms with E-state index in [1.807, 2.05) is 6.92 Å². The summed E-state index contributed by atoms with van der Waals surface area (Å²) in [5.41, 5.74) is 2.10. The van der Waals surface area contributed by atoms with Crippen molar-refractivity contribution in [1.29, 1.82) is 0 Å². The predicted molar refractivity (Wildman–Crippen MR) is 107 cm³/mol. The zero-order chi connectivity index (χ0) is 20.4. The van der Waals surface area contributed by atoms with Gasteiger partial charge in [0, 0.05) is 18.0 Å². The van der Waals surface area contributed by atoms with E-state index >= 15 is 0 Å². The average Bonchev–Trinajstić information content (AvgIpc) is 3.16. The van der Waals surface area contributed by atoms with E-state index in [0.29, 0.717) is 23.4 Å². The maximum atomic E-state index is 13.1. The molecule has 0 aliphatic carbocycles. The molecular formula is C22H20FN3O3. The first-order chi connectivity index (χ1) is 14.0. The van der Waals surface area contributed by atoms with Crippen LogP contribution in [-0.4, -0.2) is 25.9 Å². The number of nitrogens with zero attached hydrogens (tertiary/aromatic N) is 3. The summed E-state index contributed by atoms with van der Waals surface area (Å²) in [5, 5.41) is 14.9. The molecule has 0 saturated heterocycles. The molecule has 0 bridgehead atoms. The summed E-state index contributed by atoms with van der Waals surface area (Å²) >= 11 is 0. The highest BCUT2D eigenvalue weighted by atomic mass is 19.1.